The first-order valence-electron chi connectivity index (χ1n) is 4.29. The fraction of sp³-hybridized carbons (Fsp3) is 0.889. The number of hydrogen-bond acceptors (Lipinski definition) is 2. The van der Waals surface area contributed by atoms with Crippen molar-refractivity contribution >= 4 is 5.97 Å². The van der Waals surface area contributed by atoms with Crippen LogP contribution in [0.5, 0.6) is 0 Å². The lowest BCUT2D eigenvalue weighted by Gasteiger charge is -2.06. The molecular formula is C9H17FO2. The third-order valence-electron chi connectivity index (χ3n) is 1.70. The molecule has 0 aromatic rings. The number of methoxy groups -OCH3 is 1. The second-order valence-corrected chi connectivity index (χ2v) is 3.32. The molecular weight excluding hydrogens is 159 g/mol. The summed E-state index contributed by atoms with van der Waals surface area (Å²) in [5, 5.41) is 0. The smallest absolute Gasteiger partial charge is 0.340 e. The number of hydrogen-bond donors (Lipinski definition) is 0. The first-order chi connectivity index (χ1) is 5.57. The number of carbonyl (C=O) groups excluding carboxylic acids is 1. The largest absolute Gasteiger partial charge is 0.467 e. The monoisotopic (exact) mass is 176 g/mol. The standard InChI is InChI=1S/C9H17FO2/c1-7(2)5-4-6-8(10)9(11)12-3/h7-8H,4-6H2,1-3H3. The summed E-state index contributed by atoms with van der Waals surface area (Å²) < 4.78 is 17.0. The van der Waals surface area contributed by atoms with Gasteiger partial charge in [0.15, 0.2) is 6.17 Å². The van der Waals surface area contributed by atoms with Gasteiger partial charge in [-0.3, -0.25) is 0 Å². The van der Waals surface area contributed by atoms with E-state index in [4.69, 9.17) is 0 Å². The SMILES string of the molecule is COC(=O)C(F)CCCC(C)C. The van der Waals surface area contributed by atoms with Crippen molar-refractivity contribution in [2.75, 3.05) is 7.11 Å². The Bertz CT molecular complexity index is 134. The van der Waals surface area contributed by atoms with E-state index in [0.29, 0.717) is 5.92 Å². The first-order valence-corrected chi connectivity index (χ1v) is 4.29. The zero-order valence-corrected chi connectivity index (χ0v) is 7.97. The normalized spacial score (nSPS) is 13.1. The van der Waals surface area contributed by atoms with Crippen LogP contribution < -0.4 is 0 Å². The molecule has 1 atom stereocenters. The maximum Gasteiger partial charge on any atom is 0.340 e. The molecule has 0 aliphatic carbocycles. The number of esters is 1. The topological polar surface area (TPSA) is 26.3 Å². The van der Waals surface area contributed by atoms with Crippen molar-refractivity contribution < 1.29 is 13.9 Å². The highest BCUT2D eigenvalue weighted by atomic mass is 19.1. The van der Waals surface area contributed by atoms with Crippen molar-refractivity contribution in [3.63, 3.8) is 0 Å². The van der Waals surface area contributed by atoms with Crippen molar-refractivity contribution in [3.05, 3.63) is 0 Å². The molecule has 0 radical (unpaired) electrons. The first kappa shape index (κ1) is 11.4. The summed E-state index contributed by atoms with van der Waals surface area (Å²) in [7, 11) is 1.21. The maximum atomic E-state index is 12.8. The second kappa shape index (κ2) is 5.98. The maximum absolute atomic E-state index is 12.8. The Balaban J connectivity index is 3.43. The van der Waals surface area contributed by atoms with Gasteiger partial charge in [-0.15, -0.1) is 0 Å². The zero-order chi connectivity index (χ0) is 9.56. The summed E-state index contributed by atoms with van der Waals surface area (Å²) in [5.41, 5.74) is 0. The van der Waals surface area contributed by atoms with Gasteiger partial charge < -0.3 is 4.74 Å². The molecule has 0 heterocycles. The molecule has 0 aliphatic rings. The van der Waals surface area contributed by atoms with Crippen LogP contribution in [-0.4, -0.2) is 19.3 Å². The van der Waals surface area contributed by atoms with E-state index in [9.17, 15) is 9.18 Å². The van der Waals surface area contributed by atoms with Gasteiger partial charge in [-0.1, -0.05) is 20.3 Å². The number of alkyl halides is 1. The van der Waals surface area contributed by atoms with Crippen molar-refractivity contribution in [3.8, 4) is 0 Å². The number of carbonyl (C=O) groups is 1. The molecule has 0 amide bonds. The summed E-state index contributed by atoms with van der Waals surface area (Å²) in [6, 6.07) is 0. The number of halogens is 1. The summed E-state index contributed by atoms with van der Waals surface area (Å²) in [6.45, 7) is 4.15. The van der Waals surface area contributed by atoms with Gasteiger partial charge in [0.05, 0.1) is 7.11 Å². The van der Waals surface area contributed by atoms with Crippen molar-refractivity contribution in [1.82, 2.24) is 0 Å². The zero-order valence-electron chi connectivity index (χ0n) is 7.97. The van der Waals surface area contributed by atoms with Gasteiger partial charge in [0.25, 0.3) is 0 Å². The highest BCUT2D eigenvalue weighted by molar-refractivity contribution is 5.74. The molecule has 0 N–H and O–H groups in total. The van der Waals surface area contributed by atoms with E-state index >= 15 is 0 Å². The molecule has 1 unspecified atom stereocenters. The molecule has 0 fully saturated rings. The van der Waals surface area contributed by atoms with Gasteiger partial charge in [-0.25, -0.2) is 9.18 Å². The lowest BCUT2D eigenvalue weighted by atomic mass is 10.0. The minimum atomic E-state index is -1.44. The van der Waals surface area contributed by atoms with Gasteiger partial charge in [0, 0.05) is 0 Å². The Morgan fingerprint density at radius 1 is 1.42 bits per heavy atom. The highest BCUT2D eigenvalue weighted by Crippen LogP contribution is 2.11. The molecule has 3 heteroatoms. The fourth-order valence-corrected chi connectivity index (χ4v) is 0.951. The lowest BCUT2D eigenvalue weighted by Crippen LogP contribution is -2.17. The minimum absolute atomic E-state index is 0.283. The average molecular weight is 176 g/mol. The third kappa shape index (κ3) is 5.10. The Labute approximate surface area is 73.1 Å². The van der Waals surface area contributed by atoms with Crippen molar-refractivity contribution in [1.29, 1.82) is 0 Å². The van der Waals surface area contributed by atoms with Gasteiger partial charge in [0.1, 0.15) is 0 Å². The molecule has 0 aliphatic heterocycles. The Kier molecular flexibility index (Phi) is 5.68. The molecule has 0 aromatic heterocycles. The average Bonchev–Trinajstić information content (AvgIpc) is 2.02. The van der Waals surface area contributed by atoms with E-state index in [1.54, 1.807) is 0 Å². The molecule has 2 nitrogen and oxygen atoms in total. The van der Waals surface area contributed by atoms with E-state index in [0.717, 1.165) is 12.8 Å². The van der Waals surface area contributed by atoms with Crippen LogP contribution in [0, 0.1) is 5.92 Å². The van der Waals surface area contributed by atoms with Crippen LogP contribution in [-0.2, 0) is 9.53 Å². The minimum Gasteiger partial charge on any atom is -0.467 e. The number of rotatable bonds is 5. The van der Waals surface area contributed by atoms with E-state index in [1.165, 1.54) is 7.11 Å². The van der Waals surface area contributed by atoms with Crippen LogP contribution >= 0.6 is 0 Å². The molecule has 0 saturated carbocycles. The lowest BCUT2D eigenvalue weighted by molar-refractivity contribution is -0.146. The fourth-order valence-electron chi connectivity index (χ4n) is 0.951. The third-order valence-corrected chi connectivity index (χ3v) is 1.70. The molecule has 0 aromatic carbocycles. The van der Waals surface area contributed by atoms with Crippen LogP contribution in [0.1, 0.15) is 33.1 Å². The Morgan fingerprint density at radius 2 is 2.00 bits per heavy atom. The quantitative estimate of drug-likeness (QED) is 0.601. The van der Waals surface area contributed by atoms with E-state index < -0.39 is 12.1 Å². The Morgan fingerprint density at radius 3 is 2.42 bits per heavy atom. The van der Waals surface area contributed by atoms with Gasteiger partial charge in [-0.2, -0.15) is 0 Å². The van der Waals surface area contributed by atoms with Gasteiger partial charge in [0.2, 0.25) is 0 Å². The second-order valence-electron chi connectivity index (χ2n) is 3.32. The van der Waals surface area contributed by atoms with Gasteiger partial charge >= 0.3 is 5.97 Å². The van der Waals surface area contributed by atoms with Gasteiger partial charge in [-0.05, 0) is 18.8 Å². The molecule has 0 bridgehead atoms. The van der Waals surface area contributed by atoms with E-state index in [2.05, 4.69) is 18.6 Å². The number of ether oxygens (including phenoxy) is 1. The van der Waals surface area contributed by atoms with Crippen LogP contribution in [0.2, 0.25) is 0 Å². The molecule has 0 rings (SSSR count). The summed E-state index contributed by atoms with van der Waals surface area (Å²) >= 11 is 0. The van der Waals surface area contributed by atoms with Crippen LogP contribution in [0.4, 0.5) is 4.39 Å². The van der Waals surface area contributed by atoms with E-state index in [1.807, 2.05) is 0 Å². The predicted octanol–water partition coefficient (Wildman–Crippen LogP) is 2.32. The van der Waals surface area contributed by atoms with Crippen molar-refractivity contribution in [2.24, 2.45) is 5.92 Å². The van der Waals surface area contributed by atoms with Crippen LogP contribution in [0.3, 0.4) is 0 Å². The van der Waals surface area contributed by atoms with Crippen LogP contribution in [0.15, 0.2) is 0 Å². The summed E-state index contributed by atoms with van der Waals surface area (Å²) in [6.07, 6.45) is 0.546. The summed E-state index contributed by atoms with van der Waals surface area (Å²) in [5.74, 6) is -0.186. The Hall–Kier alpha value is -0.600. The molecule has 0 spiro atoms. The molecule has 0 saturated heterocycles. The van der Waals surface area contributed by atoms with E-state index in [-0.39, 0.29) is 6.42 Å². The van der Waals surface area contributed by atoms with Crippen molar-refractivity contribution in [2.45, 2.75) is 39.3 Å². The summed E-state index contributed by atoms with van der Waals surface area (Å²) in [4.78, 5) is 10.6. The molecule has 72 valence electrons. The highest BCUT2D eigenvalue weighted by Gasteiger charge is 2.16. The predicted molar refractivity (Wildman–Crippen MR) is 45.6 cm³/mol. The molecule has 12 heavy (non-hydrogen) atoms. The van der Waals surface area contributed by atoms with Crippen LogP contribution in [0.25, 0.3) is 0 Å².